The highest BCUT2D eigenvalue weighted by Crippen LogP contribution is 2.45. The summed E-state index contributed by atoms with van der Waals surface area (Å²) < 4.78 is 14.5. The Hall–Kier alpha value is -1.31. The number of hydrogen-bond donors (Lipinski definition) is 0. The van der Waals surface area contributed by atoms with Gasteiger partial charge < -0.3 is 9.39 Å². The molecule has 0 spiro atoms. The van der Waals surface area contributed by atoms with Crippen molar-refractivity contribution in [3.63, 3.8) is 0 Å². The lowest BCUT2D eigenvalue weighted by Crippen LogP contribution is -2.35. The van der Waals surface area contributed by atoms with Gasteiger partial charge in [-0.2, -0.15) is 0 Å². The Bertz CT molecular complexity index is 847. The van der Waals surface area contributed by atoms with Crippen LogP contribution in [0.4, 0.5) is 0 Å². The van der Waals surface area contributed by atoms with Crippen molar-refractivity contribution in [2.75, 3.05) is 0 Å². The minimum Gasteiger partial charge on any atom is -0.536 e. The van der Waals surface area contributed by atoms with Crippen molar-refractivity contribution in [3.05, 3.63) is 41.2 Å². The standard InChI is InChI=1S/C36H58B2O2/c1-3-29-18-17-19-30(4-2)36(29)39-35(28-37(31-20-9-5-10-21-31)32-22-11-6-12-23-32)40-38(33-24-13-7-14-25-33)34-26-15-8-16-27-34/h17-19,28,31-34H,3-16,20-27H2,1-2H3/b35-28+. The van der Waals surface area contributed by atoms with Crippen LogP contribution >= 0.6 is 0 Å². The van der Waals surface area contributed by atoms with E-state index >= 15 is 0 Å². The second-order valence-corrected chi connectivity index (χ2v) is 14.0. The summed E-state index contributed by atoms with van der Waals surface area (Å²) in [6, 6.07) is 6.76. The molecule has 1 aromatic rings. The molecule has 0 atom stereocenters. The molecule has 5 rings (SSSR count). The van der Waals surface area contributed by atoms with Gasteiger partial charge in [-0.25, -0.2) is 0 Å². The summed E-state index contributed by atoms with van der Waals surface area (Å²) >= 11 is 0. The van der Waals surface area contributed by atoms with Gasteiger partial charge in [-0.05, 0) is 41.6 Å². The molecule has 0 unspecified atom stereocenters. The first-order valence-electron chi connectivity index (χ1n) is 17.9. The van der Waals surface area contributed by atoms with Gasteiger partial charge in [0, 0.05) is 0 Å². The molecule has 0 bridgehead atoms. The van der Waals surface area contributed by atoms with E-state index in [1.807, 2.05) is 0 Å². The van der Waals surface area contributed by atoms with Gasteiger partial charge in [0.2, 0.25) is 0 Å². The first kappa shape index (κ1) is 30.2. The van der Waals surface area contributed by atoms with Crippen LogP contribution in [-0.2, 0) is 17.5 Å². The minimum atomic E-state index is 0.323. The molecule has 4 saturated carbocycles. The fourth-order valence-electron chi connectivity index (χ4n) is 9.01. The Labute approximate surface area is 248 Å². The first-order valence-corrected chi connectivity index (χ1v) is 17.9. The molecule has 2 nitrogen and oxygen atoms in total. The fourth-order valence-corrected chi connectivity index (χ4v) is 9.01. The second kappa shape index (κ2) is 15.8. The summed E-state index contributed by atoms with van der Waals surface area (Å²) in [4.78, 5) is 0. The van der Waals surface area contributed by atoms with Gasteiger partial charge in [-0.3, -0.25) is 0 Å². The summed E-state index contributed by atoms with van der Waals surface area (Å²) in [5, 5.41) is 0. The van der Waals surface area contributed by atoms with Crippen LogP contribution in [0.25, 0.3) is 0 Å². The van der Waals surface area contributed by atoms with Crippen LogP contribution in [0.1, 0.15) is 153 Å². The summed E-state index contributed by atoms with van der Waals surface area (Å²) in [6.45, 7) is 5.47. The molecule has 220 valence electrons. The number of ether oxygens (including phenoxy) is 1. The number of hydrogen-bond acceptors (Lipinski definition) is 2. The van der Waals surface area contributed by atoms with E-state index in [9.17, 15) is 0 Å². The number of benzene rings is 1. The van der Waals surface area contributed by atoms with Crippen LogP contribution in [0.5, 0.6) is 5.75 Å². The Balaban J connectivity index is 1.51. The molecule has 0 aliphatic heterocycles. The zero-order chi connectivity index (χ0) is 27.6. The van der Waals surface area contributed by atoms with E-state index in [2.05, 4.69) is 38.0 Å². The average Bonchev–Trinajstić information content (AvgIpc) is 3.04. The normalized spacial score (nSPS) is 22.7. The Morgan fingerprint density at radius 2 is 1.02 bits per heavy atom. The molecule has 0 aromatic heterocycles. The number of para-hydroxylation sites is 1. The largest absolute Gasteiger partial charge is 0.536 e. The Morgan fingerprint density at radius 1 is 0.625 bits per heavy atom. The molecule has 4 aliphatic rings. The van der Waals surface area contributed by atoms with Crippen LogP contribution in [-0.4, -0.2) is 13.6 Å². The first-order chi connectivity index (χ1) is 19.8. The van der Waals surface area contributed by atoms with Gasteiger partial charge in [0.25, 0.3) is 5.95 Å². The van der Waals surface area contributed by atoms with Gasteiger partial charge in [0.1, 0.15) is 5.75 Å². The fraction of sp³-hybridized carbons (Fsp3) is 0.778. The topological polar surface area (TPSA) is 18.5 Å². The van der Waals surface area contributed by atoms with E-state index in [0.29, 0.717) is 25.3 Å². The van der Waals surface area contributed by atoms with Crippen molar-refractivity contribution in [2.24, 2.45) is 0 Å². The van der Waals surface area contributed by atoms with Crippen LogP contribution in [0, 0.1) is 0 Å². The zero-order valence-corrected chi connectivity index (χ0v) is 26.1. The lowest BCUT2D eigenvalue weighted by atomic mass is 9.30. The lowest BCUT2D eigenvalue weighted by Gasteiger charge is -2.37. The molecular weight excluding hydrogens is 486 g/mol. The number of aryl methyl sites for hydroxylation is 2. The zero-order valence-electron chi connectivity index (χ0n) is 26.1. The predicted molar refractivity (Wildman–Crippen MR) is 174 cm³/mol. The summed E-state index contributed by atoms with van der Waals surface area (Å²) in [7, 11) is 0. The summed E-state index contributed by atoms with van der Waals surface area (Å²) in [5.74, 6) is 7.55. The van der Waals surface area contributed by atoms with E-state index < -0.39 is 0 Å². The molecule has 4 aliphatic carbocycles. The van der Waals surface area contributed by atoms with E-state index in [1.165, 1.54) is 140 Å². The van der Waals surface area contributed by atoms with Crippen molar-refractivity contribution in [1.82, 2.24) is 0 Å². The predicted octanol–water partition coefficient (Wildman–Crippen LogP) is 11.4. The van der Waals surface area contributed by atoms with Crippen molar-refractivity contribution in [2.45, 2.75) is 178 Å². The monoisotopic (exact) mass is 544 g/mol. The smallest absolute Gasteiger partial charge is 0.368 e. The maximum atomic E-state index is 7.38. The average molecular weight is 544 g/mol. The van der Waals surface area contributed by atoms with Crippen molar-refractivity contribution >= 4 is 13.6 Å². The molecule has 0 amide bonds. The van der Waals surface area contributed by atoms with Gasteiger partial charge >= 0.3 is 6.92 Å². The highest BCUT2D eigenvalue weighted by molar-refractivity contribution is 6.67. The number of rotatable bonds is 11. The highest BCUT2D eigenvalue weighted by atomic mass is 16.7. The Kier molecular flexibility index (Phi) is 11.9. The van der Waals surface area contributed by atoms with Crippen molar-refractivity contribution < 1.29 is 9.39 Å². The third kappa shape index (κ3) is 7.95. The Morgan fingerprint density at radius 3 is 1.43 bits per heavy atom. The van der Waals surface area contributed by atoms with Crippen molar-refractivity contribution in [1.29, 1.82) is 0 Å². The molecule has 0 radical (unpaired) electrons. The molecule has 0 heterocycles. The van der Waals surface area contributed by atoms with Crippen LogP contribution in [0.2, 0.25) is 23.3 Å². The maximum Gasteiger partial charge on any atom is 0.368 e. The van der Waals surface area contributed by atoms with E-state index in [-0.39, 0.29) is 0 Å². The van der Waals surface area contributed by atoms with Gasteiger partial charge in [-0.1, -0.05) is 172 Å². The second-order valence-electron chi connectivity index (χ2n) is 14.0. The molecule has 4 heteroatoms. The van der Waals surface area contributed by atoms with E-state index in [1.54, 1.807) is 0 Å². The maximum absolute atomic E-state index is 7.38. The molecule has 4 fully saturated rings. The third-order valence-electron chi connectivity index (χ3n) is 11.3. The highest BCUT2D eigenvalue weighted by Gasteiger charge is 2.40. The molecule has 1 aromatic carbocycles. The third-order valence-corrected chi connectivity index (χ3v) is 11.3. The van der Waals surface area contributed by atoms with Gasteiger partial charge in [-0.15, -0.1) is 0 Å². The molecule has 40 heavy (non-hydrogen) atoms. The van der Waals surface area contributed by atoms with Crippen LogP contribution < -0.4 is 4.74 Å². The molecular formula is C36H58B2O2. The van der Waals surface area contributed by atoms with Crippen LogP contribution in [0.15, 0.2) is 30.1 Å². The van der Waals surface area contributed by atoms with Gasteiger partial charge in [0.15, 0.2) is 6.71 Å². The lowest BCUT2D eigenvalue weighted by molar-refractivity contribution is 0.209. The quantitative estimate of drug-likeness (QED) is 0.204. The van der Waals surface area contributed by atoms with E-state index in [4.69, 9.17) is 9.39 Å². The minimum absolute atomic E-state index is 0.323. The summed E-state index contributed by atoms with van der Waals surface area (Å²) in [6.07, 6.45) is 29.7. The van der Waals surface area contributed by atoms with E-state index in [0.717, 1.165) is 36.2 Å². The van der Waals surface area contributed by atoms with Crippen molar-refractivity contribution in [3.8, 4) is 5.75 Å². The summed E-state index contributed by atoms with van der Waals surface area (Å²) in [5.41, 5.74) is 2.65. The van der Waals surface area contributed by atoms with Gasteiger partial charge in [0.05, 0.1) is 0 Å². The SMILES string of the molecule is CCc1cccc(CC)c1O/C(=C\B(C1CCCCC1)C1CCCCC1)OB(C1CCCCC1)C1CCCCC1. The molecule has 0 saturated heterocycles. The van der Waals surface area contributed by atoms with Crippen LogP contribution in [0.3, 0.4) is 0 Å². The molecule has 0 N–H and O–H groups in total.